The maximum absolute atomic E-state index is 12.2. The van der Waals surface area contributed by atoms with Crippen molar-refractivity contribution in [2.45, 2.75) is 27.2 Å². The van der Waals surface area contributed by atoms with Crippen LogP contribution in [0.5, 0.6) is 0 Å². The van der Waals surface area contributed by atoms with E-state index in [1.54, 1.807) is 4.90 Å². The van der Waals surface area contributed by atoms with Gasteiger partial charge in [0.15, 0.2) is 0 Å². The fourth-order valence-electron chi connectivity index (χ4n) is 2.20. The topological polar surface area (TPSA) is 42.4 Å². The average Bonchev–Trinajstić information content (AvgIpc) is 2.38. The van der Waals surface area contributed by atoms with Crippen molar-refractivity contribution in [2.75, 3.05) is 26.3 Å². The molecule has 1 fully saturated rings. The van der Waals surface area contributed by atoms with Gasteiger partial charge in [0, 0.05) is 19.3 Å². The molecular formula is C15H22N2O2. The van der Waals surface area contributed by atoms with Crippen LogP contribution >= 0.6 is 0 Å². The Kier molecular flexibility index (Phi) is 4.20. The summed E-state index contributed by atoms with van der Waals surface area (Å²) in [6.45, 7) is 9.13. The Balaban J connectivity index is 2.03. The van der Waals surface area contributed by atoms with Crippen molar-refractivity contribution in [1.29, 1.82) is 0 Å². The number of ether oxygens (including phenoxy) is 1. The zero-order valence-electron chi connectivity index (χ0n) is 12.0. The molecule has 1 amide bonds. The van der Waals surface area contributed by atoms with E-state index in [1.165, 1.54) is 5.56 Å². The molecule has 1 saturated heterocycles. The molecule has 1 aliphatic heterocycles. The highest BCUT2D eigenvalue weighted by atomic mass is 16.5. The molecule has 0 N–H and O–H groups in total. The second-order valence-electron chi connectivity index (χ2n) is 6.19. The van der Waals surface area contributed by atoms with Crippen molar-refractivity contribution < 1.29 is 9.53 Å². The zero-order chi connectivity index (χ0) is 13.9. The maximum Gasteiger partial charge on any atom is 0.272 e. The minimum atomic E-state index is 0.00519. The fraction of sp³-hybridized carbons (Fsp3) is 0.600. The quantitative estimate of drug-likeness (QED) is 0.820. The van der Waals surface area contributed by atoms with Crippen molar-refractivity contribution in [3.8, 4) is 0 Å². The van der Waals surface area contributed by atoms with E-state index in [-0.39, 0.29) is 11.3 Å². The highest BCUT2D eigenvalue weighted by molar-refractivity contribution is 5.92. The molecule has 1 aromatic heterocycles. The lowest BCUT2D eigenvalue weighted by Crippen LogP contribution is -2.41. The van der Waals surface area contributed by atoms with Crippen LogP contribution in [0.4, 0.5) is 0 Å². The van der Waals surface area contributed by atoms with E-state index in [4.69, 9.17) is 4.74 Å². The summed E-state index contributed by atoms with van der Waals surface area (Å²) in [4.78, 5) is 18.3. The summed E-state index contributed by atoms with van der Waals surface area (Å²) in [7, 11) is 0. The monoisotopic (exact) mass is 262 g/mol. The van der Waals surface area contributed by atoms with E-state index >= 15 is 0 Å². The summed E-state index contributed by atoms with van der Waals surface area (Å²) in [6, 6.07) is 3.84. The second kappa shape index (κ2) is 5.70. The molecule has 0 atom stereocenters. The van der Waals surface area contributed by atoms with Gasteiger partial charge in [0.05, 0.1) is 13.2 Å². The summed E-state index contributed by atoms with van der Waals surface area (Å²) in [5, 5.41) is 0. The molecular weight excluding hydrogens is 240 g/mol. The fourth-order valence-corrected chi connectivity index (χ4v) is 2.20. The minimum Gasteiger partial charge on any atom is -0.378 e. The Morgan fingerprint density at radius 3 is 2.53 bits per heavy atom. The number of carbonyl (C=O) groups excluding carboxylic acids is 1. The Hall–Kier alpha value is -1.42. The molecule has 2 rings (SSSR count). The number of pyridine rings is 1. The molecule has 0 unspecified atom stereocenters. The molecule has 0 spiro atoms. The molecule has 0 radical (unpaired) electrons. The minimum absolute atomic E-state index is 0.00519. The number of morpholine rings is 1. The first-order valence-electron chi connectivity index (χ1n) is 6.78. The van der Waals surface area contributed by atoms with Crippen molar-refractivity contribution >= 4 is 5.91 Å². The summed E-state index contributed by atoms with van der Waals surface area (Å²) < 4.78 is 5.25. The highest BCUT2D eigenvalue weighted by Gasteiger charge is 2.19. The Morgan fingerprint density at radius 2 is 2.00 bits per heavy atom. The number of nitrogens with zero attached hydrogens (tertiary/aromatic N) is 2. The smallest absolute Gasteiger partial charge is 0.272 e. The SMILES string of the molecule is CC(C)(C)Cc1ccc(C(=O)N2CCOCC2)nc1. The van der Waals surface area contributed by atoms with Crippen LogP contribution in [0.1, 0.15) is 36.8 Å². The van der Waals surface area contributed by atoms with Gasteiger partial charge in [-0.1, -0.05) is 26.8 Å². The number of hydrogen-bond acceptors (Lipinski definition) is 3. The van der Waals surface area contributed by atoms with Gasteiger partial charge in [-0.2, -0.15) is 0 Å². The molecule has 2 heterocycles. The van der Waals surface area contributed by atoms with Crippen molar-refractivity contribution in [3.05, 3.63) is 29.6 Å². The predicted molar refractivity (Wildman–Crippen MR) is 74.1 cm³/mol. The predicted octanol–water partition coefficient (Wildman–Crippen LogP) is 2.14. The maximum atomic E-state index is 12.2. The lowest BCUT2D eigenvalue weighted by atomic mass is 9.89. The largest absolute Gasteiger partial charge is 0.378 e. The van der Waals surface area contributed by atoms with Gasteiger partial charge in [0.1, 0.15) is 5.69 Å². The van der Waals surface area contributed by atoms with Gasteiger partial charge in [0.2, 0.25) is 0 Å². The molecule has 1 aromatic rings. The first-order chi connectivity index (χ1) is 8.96. The first-order valence-corrected chi connectivity index (χ1v) is 6.78. The molecule has 0 bridgehead atoms. The molecule has 4 heteroatoms. The van der Waals surface area contributed by atoms with E-state index < -0.39 is 0 Å². The molecule has 19 heavy (non-hydrogen) atoms. The van der Waals surface area contributed by atoms with Crippen LogP contribution in [0.15, 0.2) is 18.3 Å². The number of amides is 1. The molecule has 0 saturated carbocycles. The molecule has 1 aliphatic rings. The van der Waals surface area contributed by atoms with E-state index in [0.29, 0.717) is 32.0 Å². The van der Waals surface area contributed by atoms with Crippen molar-refractivity contribution in [1.82, 2.24) is 9.88 Å². The van der Waals surface area contributed by atoms with Gasteiger partial charge in [0.25, 0.3) is 5.91 Å². The standard InChI is InChI=1S/C15H22N2O2/c1-15(2,3)10-12-4-5-13(16-11-12)14(18)17-6-8-19-9-7-17/h4-5,11H,6-10H2,1-3H3. The summed E-state index contributed by atoms with van der Waals surface area (Å²) in [6.07, 6.45) is 2.78. The zero-order valence-corrected chi connectivity index (χ0v) is 12.0. The normalized spacial score (nSPS) is 16.5. The van der Waals surface area contributed by atoms with Crippen LogP contribution in [-0.2, 0) is 11.2 Å². The summed E-state index contributed by atoms with van der Waals surface area (Å²) in [5.74, 6) is 0.00519. The van der Waals surface area contributed by atoms with Gasteiger partial charge >= 0.3 is 0 Å². The number of rotatable bonds is 2. The van der Waals surface area contributed by atoms with Crippen LogP contribution in [0.25, 0.3) is 0 Å². The highest BCUT2D eigenvalue weighted by Crippen LogP contribution is 2.20. The van der Waals surface area contributed by atoms with Crippen LogP contribution in [0.2, 0.25) is 0 Å². The summed E-state index contributed by atoms with van der Waals surface area (Å²) >= 11 is 0. The van der Waals surface area contributed by atoms with Gasteiger partial charge in [-0.05, 0) is 23.5 Å². The third-order valence-corrected chi connectivity index (χ3v) is 3.08. The Bertz CT molecular complexity index is 428. The number of aromatic nitrogens is 1. The Labute approximate surface area is 114 Å². The first kappa shape index (κ1) is 14.0. The third kappa shape index (κ3) is 4.03. The number of carbonyl (C=O) groups is 1. The molecule has 4 nitrogen and oxygen atoms in total. The lowest BCUT2D eigenvalue weighted by Gasteiger charge is -2.26. The Morgan fingerprint density at radius 1 is 1.32 bits per heavy atom. The van der Waals surface area contributed by atoms with E-state index in [1.807, 2.05) is 18.3 Å². The van der Waals surface area contributed by atoms with Gasteiger partial charge < -0.3 is 9.64 Å². The van der Waals surface area contributed by atoms with Gasteiger partial charge in [-0.3, -0.25) is 9.78 Å². The van der Waals surface area contributed by atoms with Crippen molar-refractivity contribution in [2.24, 2.45) is 5.41 Å². The molecule has 104 valence electrons. The van der Waals surface area contributed by atoms with Crippen LogP contribution in [0.3, 0.4) is 0 Å². The lowest BCUT2D eigenvalue weighted by molar-refractivity contribution is 0.0299. The van der Waals surface area contributed by atoms with Crippen LogP contribution < -0.4 is 0 Å². The summed E-state index contributed by atoms with van der Waals surface area (Å²) in [5.41, 5.74) is 1.93. The van der Waals surface area contributed by atoms with Crippen LogP contribution in [-0.4, -0.2) is 42.1 Å². The van der Waals surface area contributed by atoms with Gasteiger partial charge in [-0.25, -0.2) is 0 Å². The van der Waals surface area contributed by atoms with E-state index in [2.05, 4.69) is 25.8 Å². The van der Waals surface area contributed by atoms with Gasteiger partial charge in [-0.15, -0.1) is 0 Å². The number of hydrogen-bond donors (Lipinski definition) is 0. The van der Waals surface area contributed by atoms with E-state index in [9.17, 15) is 4.79 Å². The third-order valence-electron chi connectivity index (χ3n) is 3.08. The van der Waals surface area contributed by atoms with Crippen molar-refractivity contribution in [3.63, 3.8) is 0 Å². The van der Waals surface area contributed by atoms with Crippen LogP contribution in [0, 0.1) is 5.41 Å². The molecule has 0 aromatic carbocycles. The average molecular weight is 262 g/mol. The van der Waals surface area contributed by atoms with E-state index in [0.717, 1.165) is 6.42 Å². The second-order valence-corrected chi connectivity index (χ2v) is 6.19. The molecule has 0 aliphatic carbocycles.